The van der Waals surface area contributed by atoms with Crippen molar-refractivity contribution in [1.29, 1.82) is 5.26 Å². The molecule has 148 valence electrons. The van der Waals surface area contributed by atoms with Crippen LogP contribution < -0.4 is 0 Å². The van der Waals surface area contributed by atoms with Crippen LogP contribution in [0.4, 0.5) is 0 Å². The van der Waals surface area contributed by atoms with E-state index in [2.05, 4.69) is 74.1 Å². The molecule has 0 atom stereocenters. The summed E-state index contributed by atoms with van der Waals surface area (Å²) in [6.07, 6.45) is 8.47. The fourth-order valence-corrected chi connectivity index (χ4v) is 4.29. The van der Waals surface area contributed by atoms with Gasteiger partial charge in [-0.25, -0.2) is 0 Å². The van der Waals surface area contributed by atoms with Gasteiger partial charge in [-0.05, 0) is 30.5 Å². The van der Waals surface area contributed by atoms with Crippen LogP contribution in [0.3, 0.4) is 0 Å². The molecule has 0 aliphatic carbocycles. The second-order valence-electron chi connectivity index (χ2n) is 7.79. The number of fused-ring (bicyclic) bond motifs is 2. The summed E-state index contributed by atoms with van der Waals surface area (Å²) in [7, 11) is 0. The van der Waals surface area contributed by atoms with E-state index in [1.807, 2.05) is 18.2 Å². The number of aromatic nitrogens is 4. The Morgan fingerprint density at radius 3 is 2.70 bits per heavy atom. The lowest BCUT2D eigenvalue weighted by Crippen LogP contribution is -2.05. The van der Waals surface area contributed by atoms with Gasteiger partial charge in [-0.15, -0.1) is 10.2 Å². The molecule has 0 saturated carbocycles. The van der Waals surface area contributed by atoms with E-state index in [0.717, 1.165) is 54.6 Å². The first-order chi connectivity index (χ1) is 14.8. The monoisotopic (exact) mass is 393 g/mol. The summed E-state index contributed by atoms with van der Waals surface area (Å²) >= 11 is 0. The number of para-hydroxylation sites is 1. The number of allylic oxidation sites excluding steroid dienone is 1. The van der Waals surface area contributed by atoms with Crippen LogP contribution in [0, 0.1) is 11.3 Å². The van der Waals surface area contributed by atoms with Crippen LogP contribution in [0.5, 0.6) is 0 Å². The number of hydrogen-bond acceptors (Lipinski definition) is 3. The Morgan fingerprint density at radius 1 is 1.00 bits per heavy atom. The van der Waals surface area contributed by atoms with Gasteiger partial charge in [0.05, 0.1) is 5.57 Å². The second-order valence-corrected chi connectivity index (χ2v) is 7.79. The van der Waals surface area contributed by atoms with Crippen molar-refractivity contribution in [3.63, 3.8) is 0 Å². The van der Waals surface area contributed by atoms with Crippen LogP contribution in [0.1, 0.15) is 42.0 Å². The summed E-state index contributed by atoms with van der Waals surface area (Å²) in [5.41, 5.74) is 4.00. The molecule has 0 unspecified atom stereocenters. The average molecular weight is 393 g/mol. The summed E-state index contributed by atoms with van der Waals surface area (Å²) in [5, 5.41) is 19.8. The Labute approximate surface area is 175 Å². The van der Waals surface area contributed by atoms with Gasteiger partial charge in [0.2, 0.25) is 0 Å². The zero-order chi connectivity index (χ0) is 20.3. The number of hydrogen-bond donors (Lipinski definition) is 0. The van der Waals surface area contributed by atoms with E-state index in [1.54, 1.807) is 0 Å². The molecule has 2 aromatic heterocycles. The maximum absolute atomic E-state index is 9.94. The van der Waals surface area contributed by atoms with Crippen molar-refractivity contribution >= 4 is 22.6 Å². The number of benzene rings is 2. The summed E-state index contributed by atoms with van der Waals surface area (Å²) < 4.78 is 4.38. The van der Waals surface area contributed by atoms with Crippen LogP contribution in [-0.4, -0.2) is 19.3 Å². The van der Waals surface area contributed by atoms with Crippen LogP contribution in [0.25, 0.3) is 22.6 Å². The molecule has 0 N–H and O–H groups in total. The minimum Gasteiger partial charge on any atom is -0.342 e. The summed E-state index contributed by atoms with van der Waals surface area (Å²) in [5.74, 6) is 1.68. The largest absolute Gasteiger partial charge is 0.342 e. The molecule has 2 aromatic carbocycles. The zero-order valence-corrected chi connectivity index (χ0v) is 16.8. The molecular formula is C25H23N5. The normalized spacial score (nSPS) is 14.3. The summed E-state index contributed by atoms with van der Waals surface area (Å²) in [4.78, 5) is 0. The summed E-state index contributed by atoms with van der Waals surface area (Å²) in [6.45, 7) is 1.67. The molecule has 0 spiro atoms. The molecule has 1 aliphatic rings. The van der Waals surface area contributed by atoms with Gasteiger partial charge >= 0.3 is 0 Å². The smallest absolute Gasteiger partial charge is 0.174 e. The Bertz CT molecular complexity index is 1250. The maximum Gasteiger partial charge on any atom is 0.174 e. The predicted octanol–water partition coefficient (Wildman–Crippen LogP) is 5.07. The molecule has 3 heterocycles. The SMILES string of the molecule is N#C/C(=C/c1cn(Cc2ccccc2)c2ccccc12)c1nnc2n1CCCCC2. The topological polar surface area (TPSA) is 59.4 Å². The van der Waals surface area contributed by atoms with Gasteiger partial charge in [0.1, 0.15) is 11.9 Å². The molecule has 0 bridgehead atoms. The molecule has 30 heavy (non-hydrogen) atoms. The van der Waals surface area contributed by atoms with Gasteiger partial charge in [-0.2, -0.15) is 5.26 Å². The maximum atomic E-state index is 9.94. The molecule has 0 radical (unpaired) electrons. The fourth-order valence-electron chi connectivity index (χ4n) is 4.29. The van der Waals surface area contributed by atoms with Gasteiger partial charge < -0.3 is 9.13 Å². The van der Waals surface area contributed by atoms with E-state index in [4.69, 9.17) is 0 Å². The lowest BCUT2D eigenvalue weighted by molar-refractivity contribution is 0.627. The van der Waals surface area contributed by atoms with Gasteiger partial charge in [0, 0.05) is 42.2 Å². The van der Waals surface area contributed by atoms with Crippen LogP contribution in [0.15, 0.2) is 60.8 Å². The second kappa shape index (κ2) is 8.00. The van der Waals surface area contributed by atoms with E-state index < -0.39 is 0 Å². The first-order valence-corrected chi connectivity index (χ1v) is 10.5. The van der Waals surface area contributed by atoms with E-state index in [-0.39, 0.29) is 0 Å². The molecule has 0 amide bonds. The molecular weight excluding hydrogens is 370 g/mol. The molecule has 0 saturated heterocycles. The van der Waals surface area contributed by atoms with Crippen molar-refractivity contribution in [2.75, 3.05) is 0 Å². The zero-order valence-electron chi connectivity index (χ0n) is 16.8. The van der Waals surface area contributed by atoms with Crippen molar-refractivity contribution in [2.24, 2.45) is 0 Å². The van der Waals surface area contributed by atoms with E-state index in [1.165, 1.54) is 12.0 Å². The van der Waals surface area contributed by atoms with Gasteiger partial charge in [-0.3, -0.25) is 0 Å². The number of nitrogens with zero attached hydrogens (tertiary/aromatic N) is 5. The molecule has 5 nitrogen and oxygen atoms in total. The lowest BCUT2D eigenvalue weighted by atomic mass is 10.1. The number of nitriles is 1. The standard InChI is InChI=1S/C25H23N5/c26-16-20(25-28-27-24-13-5-2-8-14-30(24)25)15-21-18-29(17-19-9-3-1-4-10-19)23-12-7-6-11-22(21)23/h1,3-4,6-7,9-12,15,18H,2,5,8,13-14,17H2/b20-15-. The minimum absolute atomic E-state index is 0.568. The third-order valence-corrected chi connectivity index (χ3v) is 5.79. The van der Waals surface area contributed by atoms with Crippen LogP contribution >= 0.6 is 0 Å². The Kier molecular flexibility index (Phi) is 4.90. The average Bonchev–Trinajstić information content (AvgIpc) is 3.25. The molecule has 4 aromatic rings. The summed E-state index contributed by atoms with van der Waals surface area (Å²) in [6, 6.07) is 21.1. The van der Waals surface area contributed by atoms with Crippen molar-refractivity contribution in [1.82, 2.24) is 19.3 Å². The van der Waals surface area contributed by atoms with Crippen molar-refractivity contribution < 1.29 is 0 Å². The van der Waals surface area contributed by atoms with Crippen LogP contribution in [0.2, 0.25) is 0 Å². The minimum atomic E-state index is 0.568. The Balaban J connectivity index is 1.58. The fraction of sp³-hybridized carbons (Fsp3) is 0.240. The Morgan fingerprint density at radius 2 is 1.83 bits per heavy atom. The third kappa shape index (κ3) is 3.42. The quantitative estimate of drug-likeness (QED) is 0.455. The molecule has 1 aliphatic heterocycles. The van der Waals surface area contributed by atoms with E-state index in [9.17, 15) is 5.26 Å². The van der Waals surface area contributed by atoms with Crippen molar-refractivity contribution in [3.05, 3.63) is 83.6 Å². The van der Waals surface area contributed by atoms with Gasteiger partial charge in [-0.1, -0.05) is 55.0 Å². The van der Waals surface area contributed by atoms with Gasteiger partial charge in [0.25, 0.3) is 0 Å². The molecule has 5 rings (SSSR count). The predicted molar refractivity (Wildman–Crippen MR) is 119 cm³/mol. The first kappa shape index (κ1) is 18.4. The number of aryl methyl sites for hydroxylation is 1. The van der Waals surface area contributed by atoms with E-state index >= 15 is 0 Å². The highest BCUT2D eigenvalue weighted by atomic mass is 15.3. The van der Waals surface area contributed by atoms with Crippen molar-refractivity contribution in [2.45, 2.75) is 38.8 Å². The highest BCUT2D eigenvalue weighted by molar-refractivity contribution is 5.97. The third-order valence-electron chi connectivity index (χ3n) is 5.79. The first-order valence-electron chi connectivity index (χ1n) is 10.5. The van der Waals surface area contributed by atoms with Gasteiger partial charge in [0.15, 0.2) is 5.82 Å². The lowest BCUT2D eigenvalue weighted by Gasteiger charge is -2.05. The highest BCUT2D eigenvalue weighted by Gasteiger charge is 2.18. The number of rotatable bonds is 4. The van der Waals surface area contributed by atoms with Crippen molar-refractivity contribution in [3.8, 4) is 6.07 Å². The van der Waals surface area contributed by atoms with E-state index in [0.29, 0.717) is 11.4 Å². The highest BCUT2D eigenvalue weighted by Crippen LogP contribution is 2.27. The Hall–Kier alpha value is -3.65. The molecule has 0 fully saturated rings. The molecule has 5 heteroatoms. The van der Waals surface area contributed by atoms with Crippen LogP contribution in [-0.2, 0) is 19.5 Å².